The molecule has 0 spiro atoms. The number of carbonyl (C=O) groups excluding carboxylic acids is 1. The zero-order chi connectivity index (χ0) is 14.4. The van der Waals surface area contributed by atoms with Crippen molar-refractivity contribution in [3.63, 3.8) is 0 Å². The van der Waals surface area contributed by atoms with Crippen molar-refractivity contribution in [1.82, 2.24) is 5.32 Å². The minimum atomic E-state index is -0.179. The van der Waals surface area contributed by atoms with Gasteiger partial charge in [0.1, 0.15) is 0 Å². The van der Waals surface area contributed by atoms with Crippen molar-refractivity contribution < 1.29 is 4.79 Å². The topological polar surface area (TPSA) is 41.1 Å². The minimum Gasteiger partial charge on any atom is -0.338 e. The summed E-state index contributed by atoms with van der Waals surface area (Å²) in [7, 11) is 0. The van der Waals surface area contributed by atoms with Gasteiger partial charge in [-0.2, -0.15) is 0 Å². The summed E-state index contributed by atoms with van der Waals surface area (Å²) in [6.45, 7) is 0.595. The highest BCUT2D eigenvalue weighted by atomic mass is 127. The first-order valence-corrected chi connectivity index (χ1v) is 8.07. The Labute approximate surface area is 140 Å². The third kappa shape index (κ3) is 4.49. The molecule has 0 aliphatic heterocycles. The van der Waals surface area contributed by atoms with Gasteiger partial charge in [-0.15, -0.1) is 0 Å². The molecule has 5 heteroatoms. The average molecular weight is 445 g/mol. The molecule has 2 aromatic carbocycles. The van der Waals surface area contributed by atoms with Gasteiger partial charge in [0.05, 0.1) is 5.69 Å². The lowest BCUT2D eigenvalue weighted by Gasteiger charge is -2.09. The van der Waals surface area contributed by atoms with Crippen molar-refractivity contribution in [3.05, 3.63) is 62.1 Å². The Balaban J connectivity index is 1.82. The first-order chi connectivity index (χ1) is 9.66. The second-order valence-corrected chi connectivity index (χ2v) is 6.22. The molecule has 2 aromatic rings. The Bertz CT molecular complexity index is 604. The van der Waals surface area contributed by atoms with E-state index in [0.29, 0.717) is 6.54 Å². The molecule has 0 radical (unpaired) electrons. The van der Waals surface area contributed by atoms with Gasteiger partial charge >= 0.3 is 6.03 Å². The highest BCUT2D eigenvalue weighted by Crippen LogP contribution is 2.17. The summed E-state index contributed by atoms with van der Waals surface area (Å²) in [6.07, 6.45) is 0.792. The normalized spacial score (nSPS) is 10.1. The molecule has 2 rings (SSSR count). The van der Waals surface area contributed by atoms with Gasteiger partial charge in [0, 0.05) is 14.6 Å². The molecule has 0 aliphatic carbocycles. The largest absolute Gasteiger partial charge is 0.338 e. The fraction of sp³-hybridized carbons (Fsp3) is 0.133. The van der Waals surface area contributed by atoms with Gasteiger partial charge in [-0.05, 0) is 52.8 Å². The molecule has 0 bridgehead atoms. The third-order valence-corrected chi connectivity index (χ3v) is 4.47. The van der Waals surface area contributed by atoms with Crippen LogP contribution in [0.15, 0.2) is 53.0 Å². The summed E-state index contributed by atoms with van der Waals surface area (Å²) in [6, 6.07) is 15.5. The number of benzene rings is 2. The minimum absolute atomic E-state index is 0.179. The second-order valence-electron chi connectivity index (χ2n) is 4.20. The molecule has 0 fully saturated rings. The number of amides is 2. The molecule has 0 unspecified atom stereocenters. The van der Waals surface area contributed by atoms with E-state index in [2.05, 4.69) is 49.2 Å². The number of rotatable bonds is 4. The molecule has 2 N–H and O–H groups in total. The fourth-order valence-electron chi connectivity index (χ4n) is 1.74. The Morgan fingerprint density at radius 3 is 2.55 bits per heavy atom. The quantitative estimate of drug-likeness (QED) is 0.673. The predicted octanol–water partition coefficient (Wildman–Crippen LogP) is 4.42. The van der Waals surface area contributed by atoms with Gasteiger partial charge in [0.2, 0.25) is 0 Å². The van der Waals surface area contributed by atoms with E-state index in [0.717, 1.165) is 20.2 Å². The van der Waals surface area contributed by atoms with E-state index in [1.807, 2.05) is 48.5 Å². The van der Waals surface area contributed by atoms with Crippen molar-refractivity contribution >= 4 is 50.2 Å². The molecule has 0 atom stereocenters. The van der Waals surface area contributed by atoms with Crippen molar-refractivity contribution in [3.8, 4) is 0 Å². The number of carbonyl (C=O) groups is 1. The maximum Gasteiger partial charge on any atom is 0.319 e. The van der Waals surface area contributed by atoms with E-state index >= 15 is 0 Å². The van der Waals surface area contributed by atoms with Crippen LogP contribution >= 0.6 is 38.5 Å². The molecule has 0 saturated carbocycles. The molecule has 0 saturated heterocycles. The first-order valence-electron chi connectivity index (χ1n) is 6.19. The van der Waals surface area contributed by atoms with Crippen LogP contribution in [0.5, 0.6) is 0 Å². The molecule has 20 heavy (non-hydrogen) atoms. The van der Waals surface area contributed by atoms with Gasteiger partial charge in [-0.3, -0.25) is 0 Å². The van der Waals surface area contributed by atoms with Crippen LogP contribution in [0.1, 0.15) is 5.56 Å². The SMILES string of the molecule is O=C(NCCc1ccccc1Br)Nc1ccccc1I. The molecule has 0 aromatic heterocycles. The Hall–Kier alpha value is -1.08. The van der Waals surface area contributed by atoms with Crippen LogP contribution in [0.2, 0.25) is 0 Å². The van der Waals surface area contributed by atoms with E-state index in [9.17, 15) is 4.79 Å². The van der Waals surface area contributed by atoms with Crippen molar-refractivity contribution in [1.29, 1.82) is 0 Å². The average Bonchev–Trinajstić information content (AvgIpc) is 2.43. The maximum absolute atomic E-state index is 11.8. The number of para-hydroxylation sites is 1. The van der Waals surface area contributed by atoms with Gasteiger partial charge < -0.3 is 10.6 Å². The number of halogens is 2. The van der Waals surface area contributed by atoms with E-state index in [1.165, 1.54) is 5.56 Å². The van der Waals surface area contributed by atoms with Gasteiger partial charge in [-0.1, -0.05) is 46.3 Å². The number of urea groups is 1. The number of hydrogen-bond acceptors (Lipinski definition) is 1. The zero-order valence-corrected chi connectivity index (χ0v) is 14.4. The van der Waals surface area contributed by atoms with Crippen molar-refractivity contribution in [2.45, 2.75) is 6.42 Å². The predicted molar refractivity (Wildman–Crippen MR) is 94.0 cm³/mol. The monoisotopic (exact) mass is 444 g/mol. The summed E-state index contributed by atoms with van der Waals surface area (Å²) in [5, 5.41) is 5.70. The van der Waals surface area contributed by atoms with Crippen LogP contribution in [-0.2, 0) is 6.42 Å². The highest BCUT2D eigenvalue weighted by molar-refractivity contribution is 14.1. The highest BCUT2D eigenvalue weighted by Gasteiger charge is 2.04. The summed E-state index contributed by atoms with van der Waals surface area (Å²) in [4.78, 5) is 11.8. The second kappa shape index (κ2) is 7.64. The maximum atomic E-state index is 11.8. The first kappa shape index (κ1) is 15.3. The zero-order valence-electron chi connectivity index (χ0n) is 10.7. The summed E-state index contributed by atoms with van der Waals surface area (Å²) >= 11 is 5.69. The standard InChI is InChI=1S/C15H14BrIN2O/c16-12-6-2-1-5-11(12)9-10-18-15(20)19-14-8-4-3-7-13(14)17/h1-8H,9-10H2,(H2,18,19,20). The smallest absolute Gasteiger partial charge is 0.319 e. The van der Waals surface area contributed by atoms with Crippen LogP contribution in [-0.4, -0.2) is 12.6 Å². The summed E-state index contributed by atoms with van der Waals surface area (Å²) in [5.41, 5.74) is 2.01. The Morgan fingerprint density at radius 2 is 1.80 bits per heavy atom. The van der Waals surface area contributed by atoms with Crippen LogP contribution < -0.4 is 10.6 Å². The third-order valence-electron chi connectivity index (χ3n) is 2.76. The summed E-state index contributed by atoms with van der Waals surface area (Å²) in [5.74, 6) is 0. The van der Waals surface area contributed by atoms with E-state index in [4.69, 9.17) is 0 Å². The van der Waals surface area contributed by atoms with Crippen molar-refractivity contribution in [2.75, 3.05) is 11.9 Å². The lowest BCUT2D eigenvalue weighted by Crippen LogP contribution is -2.30. The lowest BCUT2D eigenvalue weighted by atomic mass is 10.1. The molecular formula is C15H14BrIN2O. The van der Waals surface area contributed by atoms with E-state index < -0.39 is 0 Å². The van der Waals surface area contributed by atoms with Gasteiger partial charge in [0.25, 0.3) is 0 Å². The van der Waals surface area contributed by atoms with Gasteiger partial charge in [-0.25, -0.2) is 4.79 Å². The van der Waals surface area contributed by atoms with Crippen LogP contribution in [0.25, 0.3) is 0 Å². The molecule has 104 valence electrons. The molecule has 2 amide bonds. The van der Waals surface area contributed by atoms with Crippen LogP contribution in [0.4, 0.5) is 10.5 Å². The summed E-state index contributed by atoms with van der Waals surface area (Å²) < 4.78 is 2.09. The number of nitrogens with one attached hydrogen (secondary N) is 2. The van der Waals surface area contributed by atoms with E-state index in [1.54, 1.807) is 0 Å². The number of hydrogen-bond donors (Lipinski definition) is 2. The molecular weight excluding hydrogens is 431 g/mol. The molecule has 3 nitrogen and oxygen atoms in total. The van der Waals surface area contributed by atoms with Crippen molar-refractivity contribution in [2.24, 2.45) is 0 Å². The Kier molecular flexibility index (Phi) is 5.85. The van der Waals surface area contributed by atoms with Crippen LogP contribution in [0.3, 0.4) is 0 Å². The molecule has 0 aliphatic rings. The Morgan fingerprint density at radius 1 is 1.10 bits per heavy atom. The molecule has 0 heterocycles. The van der Waals surface area contributed by atoms with Gasteiger partial charge in [0.15, 0.2) is 0 Å². The van der Waals surface area contributed by atoms with Crippen LogP contribution in [0, 0.1) is 3.57 Å². The van der Waals surface area contributed by atoms with E-state index in [-0.39, 0.29) is 6.03 Å². The fourth-order valence-corrected chi connectivity index (χ4v) is 2.75. The number of anilines is 1. The lowest BCUT2D eigenvalue weighted by molar-refractivity contribution is 0.252.